The molecule has 0 saturated heterocycles. The van der Waals surface area contributed by atoms with Crippen LogP contribution >= 0.6 is 0 Å². The first-order valence-electron chi connectivity index (χ1n) is 11.0. The number of methoxy groups -OCH3 is 1. The van der Waals surface area contributed by atoms with Crippen LogP contribution in [-0.4, -0.2) is 13.4 Å². The number of aldehydes is 1. The van der Waals surface area contributed by atoms with Gasteiger partial charge < -0.3 is 14.3 Å². The summed E-state index contributed by atoms with van der Waals surface area (Å²) in [5.41, 5.74) is 9.97. The number of fused-ring (bicyclic) bond motifs is 3. The molecule has 0 amide bonds. The molecule has 31 heavy (non-hydrogen) atoms. The van der Waals surface area contributed by atoms with E-state index in [4.69, 9.17) is 9.47 Å². The smallest absolute Gasteiger partial charge is 0.124 e. The second-order valence-electron chi connectivity index (χ2n) is 8.93. The molecule has 0 N–H and O–H groups in total. The number of ether oxygens (including phenoxy) is 2. The molecule has 2 aliphatic carbocycles. The second kappa shape index (κ2) is 7.56. The van der Waals surface area contributed by atoms with E-state index in [2.05, 4.69) is 63.2 Å². The van der Waals surface area contributed by atoms with E-state index in [9.17, 15) is 4.79 Å². The van der Waals surface area contributed by atoms with Crippen LogP contribution in [0.4, 0.5) is 0 Å². The number of hydrogen-bond acceptors (Lipinski definition) is 3. The minimum absolute atomic E-state index is 0.244. The highest BCUT2D eigenvalue weighted by Gasteiger charge is 2.55. The summed E-state index contributed by atoms with van der Waals surface area (Å²) >= 11 is 0. The van der Waals surface area contributed by atoms with Gasteiger partial charge in [-0.2, -0.15) is 0 Å². The molecule has 158 valence electrons. The molecular weight excluding hydrogens is 384 g/mol. The van der Waals surface area contributed by atoms with Crippen molar-refractivity contribution in [3.63, 3.8) is 0 Å². The van der Waals surface area contributed by atoms with Gasteiger partial charge in [-0.05, 0) is 102 Å². The Morgan fingerprint density at radius 3 is 2.65 bits per heavy atom. The van der Waals surface area contributed by atoms with E-state index in [-0.39, 0.29) is 5.92 Å². The maximum absolute atomic E-state index is 11.1. The molecule has 3 aromatic rings. The molecule has 0 radical (unpaired) electrons. The van der Waals surface area contributed by atoms with E-state index in [0.717, 1.165) is 29.8 Å². The lowest BCUT2D eigenvalue weighted by Gasteiger charge is -2.18. The van der Waals surface area contributed by atoms with E-state index < -0.39 is 0 Å². The first kappa shape index (κ1) is 19.9. The molecule has 3 unspecified atom stereocenters. The van der Waals surface area contributed by atoms with Gasteiger partial charge in [-0.3, -0.25) is 0 Å². The fourth-order valence-electron chi connectivity index (χ4n) is 5.45. The maximum Gasteiger partial charge on any atom is 0.124 e. The van der Waals surface area contributed by atoms with Gasteiger partial charge in [0, 0.05) is 5.92 Å². The Labute approximate surface area is 184 Å². The highest BCUT2D eigenvalue weighted by atomic mass is 16.5. The summed E-state index contributed by atoms with van der Waals surface area (Å²) in [5, 5.41) is 0. The van der Waals surface area contributed by atoms with E-state index in [0.29, 0.717) is 18.4 Å². The largest absolute Gasteiger partial charge is 0.496 e. The van der Waals surface area contributed by atoms with Crippen LogP contribution in [0, 0.1) is 32.6 Å². The van der Waals surface area contributed by atoms with Crippen LogP contribution in [0.1, 0.15) is 39.3 Å². The minimum atomic E-state index is 0.244. The standard InChI is InChI=1S/C28H28O3/c1-16-8-11-26(30-4)18(3)27(16)22-7-5-6-19(17(22)2)15-31-21-9-10-23-20(12-21)13-24-25(14-29)28(23)24/h5-12,14,24-25,28H,13,15H2,1-4H3. The summed E-state index contributed by atoms with van der Waals surface area (Å²) in [6, 6.07) is 17.0. The third-order valence-electron chi connectivity index (χ3n) is 7.27. The molecule has 2 aliphatic rings. The van der Waals surface area contributed by atoms with Crippen molar-refractivity contribution in [3.8, 4) is 22.6 Å². The van der Waals surface area contributed by atoms with Gasteiger partial charge >= 0.3 is 0 Å². The van der Waals surface area contributed by atoms with Gasteiger partial charge in [0.2, 0.25) is 0 Å². The number of carbonyl (C=O) groups excluding carboxylic acids is 1. The average molecular weight is 413 g/mol. The molecule has 0 aromatic heterocycles. The van der Waals surface area contributed by atoms with E-state index in [1.807, 2.05) is 6.07 Å². The lowest BCUT2D eigenvalue weighted by atomic mass is 9.90. The molecule has 5 rings (SSSR count). The van der Waals surface area contributed by atoms with Crippen LogP contribution in [0.25, 0.3) is 11.1 Å². The van der Waals surface area contributed by atoms with Crippen molar-refractivity contribution in [2.45, 2.75) is 39.7 Å². The monoisotopic (exact) mass is 412 g/mol. The molecule has 3 nitrogen and oxygen atoms in total. The van der Waals surface area contributed by atoms with Gasteiger partial charge in [-0.25, -0.2) is 0 Å². The lowest BCUT2D eigenvalue weighted by Crippen LogP contribution is -2.02. The van der Waals surface area contributed by atoms with Crippen LogP contribution in [-0.2, 0) is 17.8 Å². The zero-order valence-corrected chi connectivity index (χ0v) is 18.6. The van der Waals surface area contributed by atoms with Gasteiger partial charge in [0.1, 0.15) is 24.4 Å². The van der Waals surface area contributed by atoms with Gasteiger partial charge in [0.15, 0.2) is 0 Å². The number of hydrogen-bond donors (Lipinski definition) is 0. The molecule has 3 heteroatoms. The molecule has 0 aliphatic heterocycles. The molecular formula is C28H28O3. The third-order valence-corrected chi connectivity index (χ3v) is 7.27. The summed E-state index contributed by atoms with van der Waals surface area (Å²) in [6.45, 7) is 6.97. The summed E-state index contributed by atoms with van der Waals surface area (Å²) in [4.78, 5) is 11.1. The van der Waals surface area contributed by atoms with Crippen molar-refractivity contribution in [1.29, 1.82) is 0 Å². The lowest BCUT2D eigenvalue weighted by molar-refractivity contribution is -0.109. The zero-order valence-electron chi connectivity index (χ0n) is 18.6. The van der Waals surface area contributed by atoms with Crippen LogP contribution in [0.5, 0.6) is 11.5 Å². The SMILES string of the molecule is COc1ccc(C)c(-c2cccc(COc3ccc4c(c3)CC3C(C=O)C43)c2C)c1C. The van der Waals surface area contributed by atoms with Crippen molar-refractivity contribution in [2.75, 3.05) is 7.11 Å². The van der Waals surface area contributed by atoms with Crippen molar-refractivity contribution >= 4 is 6.29 Å². The molecule has 3 atom stereocenters. The quantitative estimate of drug-likeness (QED) is 0.469. The summed E-state index contributed by atoms with van der Waals surface area (Å²) in [6.07, 6.45) is 2.13. The summed E-state index contributed by atoms with van der Waals surface area (Å²) in [5.74, 6) is 3.04. The molecule has 0 spiro atoms. The van der Waals surface area contributed by atoms with Crippen LogP contribution in [0.15, 0.2) is 48.5 Å². The topological polar surface area (TPSA) is 35.5 Å². The predicted molar refractivity (Wildman–Crippen MR) is 123 cm³/mol. The Balaban J connectivity index is 1.38. The Kier molecular flexibility index (Phi) is 4.85. The Hall–Kier alpha value is -3.07. The van der Waals surface area contributed by atoms with Gasteiger partial charge in [0.05, 0.1) is 7.11 Å². The molecule has 0 heterocycles. The van der Waals surface area contributed by atoms with Crippen molar-refractivity contribution in [2.24, 2.45) is 11.8 Å². The Morgan fingerprint density at radius 2 is 1.87 bits per heavy atom. The highest BCUT2D eigenvalue weighted by Crippen LogP contribution is 2.60. The first-order valence-corrected chi connectivity index (χ1v) is 11.0. The normalized spacial score (nSPS) is 20.7. The third kappa shape index (κ3) is 3.23. The van der Waals surface area contributed by atoms with Gasteiger partial charge in [0.25, 0.3) is 0 Å². The molecule has 1 saturated carbocycles. The summed E-state index contributed by atoms with van der Waals surface area (Å²) < 4.78 is 11.8. The van der Waals surface area contributed by atoms with E-state index in [1.165, 1.54) is 38.9 Å². The molecule has 1 fully saturated rings. The van der Waals surface area contributed by atoms with Gasteiger partial charge in [-0.15, -0.1) is 0 Å². The average Bonchev–Trinajstić information content (AvgIpc) is 3.33. The van der Waals surface area contributed by atoms with Crippen molar-refractivity contribution < 1.29 is 14.3 Å². The van der Waals surface area contributed by atoms with Crippen molar-refractivity contribution in [1.82, 2.24) is 0 Å². The Morgan fingerprint density at radius 1 is 1.03 bits per heavy atom. The number of carbonyl (C=O) groups is 1. The van der Waals surface area contributed by atoms with Gasteiger partial charge in [-0.1, -0.05) is 30.3 Å². The predicted octanol–water partition coefficient (Wildman–Crippen LogP) is 5.95. The van der Waals surface area contributed by atoms with E-state index in [1.54, 1.807) is 7.11 Å². The van der Waals surface area contributed by atoms with Crippen LogP contribution in [0.2, 0.25) is 0 Å². The fourth-order valence-corrected chi connectivity index (χ4v) is 5.45. The van der Waals surface area contributed by atoms with Crippen LogP contribution < -0.4 is 9.47 Å². The fraction of sp³-hybridized carbons (Fsp3) is 0.321. The molecule has 3 aromatic carbocycles. The van der Waals surface area contributed by atoms with Crippen molar-refractivity contribution in [3.05, 3.63) is 81.9 Å². The number of rotatable bonds is 6. The Bertz CT molecular complexity index is 1180. The molecule has 0 bridgehead atoms. The summed E-state index contributed by atoms with van der Waals surface area (Å²) in [7, 11) is 1.72. The van der Waals surface area contributed by atoms with E-state index >= 15 is 0 Å². The number of benzene rings is 3. The zero-order chi connectivity index (χ0) is 21.7. The van der Waals surface area contributed by atoms with Crippen LogP contribution in [0.3, 0.4) is 0 Å². The minimum Gasteiger partial charge on any atom is -0.496 e. The second-order valence-corrected chi connectivity index (χ2v) is 8.93. The number of aryl methyl sites for hydroxylation is 1. The highest BCUT2D eigenvalue weighted by molar-refractivity contribution is 5.76. The maximum atomic E-state index is 11.1. The first-order chi connectivity index (χ1) is 15.0.